The third kappa shape index (κ3) is 4.11. The molecule has 3 aromatic rings. The number of aromatic nitrogens is 2. The molecule has 1 fully saturated rings. The van der Waals surface area contributed by atoms with Crippen molar-refractivity contribution < 1.29 is 14.0 Å². The van der Waals surface area contributed by atoms with Crippen molar-refractivity contribution in [3.63, 3.8) is 0 Å². The molecule has 4 rings (SSSR count). The molecular weight excluding hydrogens is 418 g/mol. The van der Waals surface area contributed by atoms with E-state index in [-0.39, 0.29) is 16.9 Å². The topological polar surface area (TPSA) is 73.2 Å². The summed E-state index contributed by atoms with van der Waals surface area (Å²) in [6.45, 7) is 12.1. The maximum atomic E-state index is 12.7. The van der Waals surface area contributed by atoms with Gasteiger partial charge in [-0.2, -0.15) is 0 Å². The van der Waals surface area contributed by atoms with Crippen molar-refractivity contribution in [2.45, 2.75) is 70.6 Å². The van der Waals surface area contributed by atoms with E-state index in [1.54, 1.807) is 6.20 Å². The first-order valence-electron chi connectivity index (χ1n) is 11.4. The first-order valence-corrected chi connectivity index (χ1v) is 14.3. The van der Waals surface area contributed by atoms with Crippen LogP contribution >= 0.6 is 0 Å². The van der Waals surface area contributed by atoms with Crippen molar-refractivity contribution in [2.75, 3.05) is 6.61 Å². The van der Waals surface area contributed by atoms with Gasteiger partial charge in [0, 0.05) is 30.0 Å². The van der Waals surface area contributed by atoms with E-state index in [0.29, 0.717) is 12.8 Å². The van der Waals surface area contributed by atoms with Crippen molar-refractivity contribution in [3.05, 3.63) is 42.1 Å². The summed E-state index contributed by atoms with van der Waals surface area (Å²) in [6, 6.07) is 9.84. The van der Waals surface area contributed by atoms with Gasteiger partial charge in [-0.05, 0) is 61.2 Å². The molecule has 7 heteroatoms. The molecule has 32 heavy (non-hydrogen) atoms. The second-order valence-corrected chi connectivity index (χ2v) is 15.0. The minimum Gasteiger partial charge on any atom is -0.417 e. The standard InChI is InChI=1S/C25H33N3O3Si/c1-25(2,3)32(4,5)31-16-8-10-17-9-6-12-19-22(17)18-11-7-15-26-23(18)28(19)20-13-14-21(29)27-24(20)30/h6-7,9,11-12,15,20H,8,10,13-14,16H2,1-5H3,(H,27,29,30). The van der Waals surface area contributed by atoms with Gasteiger partial charge in [-0.3, -0.25) is 14.9 Å². The lowest BCUT2D eigenvalue weighted by Crippen LogP contribution is -2.41. The van der Waals surface area contributed by atoms with E-state index in [2.05, 4.69) is 62.4 Å². The van der Waals surface area contributed by atoms with Crippen molar-refractivity contribution >= 4 is 42.1 Å². The number of amides is 2. The van der Waals surface area contributed by atoms with E-state index in [4.69, 9.17) is 4.43 Å². The predicted molar refractivity (Wildman–Crippen MR) is 130 cm³/mol. The van der Waals surface area contributed by atoms with Crippen LogP contribution in [0.15, 0.2) is 36.5 Å². The Morgan fingerprint density at radius 2 is 1.97 bits per heavy atom. The number of aryl methyl sites for hydroxylation is 1. The van der Waals surface area contributed by atoms with Gasteiger partial charge >= 0.3 is 0 Å². The van der Waals surface area contributed by atoms with E-state index in [9.17, 15) is 9.59 Å². The molecule has 0 saturated carbocycles. The molecule has 0 radical (unpaired) electrons. The molecule has 0 aliphatic carbocycles. The van der Waals surface area contributed by atoms with E-state index >= 15 is 0 Å². The second kappa shape index (κ2) is 8.44. The van der Waals surface area contributed by atoms with Gasteiger partial charge in [0.15, 0.2) is 8.32 Å². The lowest BCUT2D eigenvalue weighted by molar-refractivity contribution is -0.135. The van der Waals surface area contributed by atoms with Gasteiger partial charge in [-0.1, -0.05) is 32.9 Å². The molecule has 1 atom stereocenters. The summed E-state index contributed by atoms with van der Waals surface area (Å²) in [5, 5.41) is 4.89. The quantitative estimate of drug-likeness (QED) is 0.321. The Morgan fingerprint density at radius 3 is 2.69 bits per heavy atom. The van der Waals surface area contributed by atoms with Gasteiger partial charge in [-0.25, -0.2) is 4.98 Å². The SMILES string of the molecule is CC(C)(C)[Si](C)(C)OCCCc1cccc2c1c1cccnc1n2C1CCC(=O)NC1=O. The van der Waals surface area contributed by atoms with Gasteiger partial charge in [0.25, 0.3) is 0 Å². The van der Waals surface area contributed by atoms with Crippen LogP contribution in [-0.2, 0) is 20.4 Å². The van der Waals surface area contributed by atoms with Crippen LogP contribution in [0.2, 0.25) is 18.1 Å². The summed E-state index contributed by atoms with van der Waals surface area (Å²) in [5.41, 5.74) is 3.03. The number of nitrogens with zero attached hydrogens (tertiary/aromatic N) is 2. The fourth-order valence-corrected chi connectivity index (χ4v) is 5.34. The van der Waals surface area contributed by atoms with E-state index < -0.39 is 14.4 Å². The number of hydrogen-bond acceptors (Lipinski definition) is 4. The lowest BCUT2D eigenvalue weighted by atomic mass is 10.0. The highest BCUT2D eigenvalue weighted by molar-refractivity contribution is 6.74. The number of imide groups is 1. The zero-order chi connectivity index (χ0) is 23.1. The second-order valence-electron chi connectivity index (χ2n) is 10.2. The average molecular weight is 452 g/mol. The van der Waals surface area contributed by atoms with Crippen molar-refractivity contribution in [2.24, 2.45) is 0 Å². The number of pyridine rings is 1. The molecule has 2 amide bonds. The molecule has 170 valence electrons. The summed E-state index contributed by atoms with van der Waals surface area (Å²) in [5.74, 6) is -0.457. The molecule has 1 aliphatic rings. The maximum absolute atomic E-state index is 12.7. The van der Waals surface area contributed by atoms with Crippen LogP contribution in [0.25, 0.3) is 21.9 Å². The number of piperidine rings is 1. The number of fused-ring (bicyclic) bond motifs is 3. The number of nitrogens with one attached hydrogen (secondary N) is 1. The highest BCUT2D eigenvalue weighted by Gasteiger charge is 2.37. The number of hydrogen-bond donors (Lipinski definition) is 1. The van der Waals surface area contributed by atoms with E-state index in [1.807, 2.05) is 16.7 Å². The molecule has 1 saturated heterocycles. The Bertz CT molecular complexity index is 1180. The Kier molecular flexibility index (Phi) is 5.98. The minimum absolute atomic E-state index is 0.202. The monoisotopic (exact) mass is 451 g/mol. The van der Waals surface area contributed by atoms with Crippen LogP contribution in [0.4, 0.5) is 0 Å². The van der Waals surface area contributed by atoms with E-state index in [0.717, 1.165) is 41.4 Å². The number of carbonyl (C=O) groups is 2. The van der Waals surface area contributed by atoms with Gasteiger partial charge in [0.1, 0.15) is 11.7 Å². The van der Waals surface area contributed by atoms with Crippen LogP contribution < -0.4 is 5.32 Å². The van der Waals surface area contributed by atoms with Crippen LogP contribution in [0.1, 0.15) is 51.6 Å². The Morgan fingerprint density at radius 1 is 1.19 bits per heavy atom. The molecule has 1 aromatic carbocycles. The van der Waals surface area contributed by atoms with E-state index in [1.165, 1.54) is 5.56 Å². The largest absolute Gasteiger partial charge is 0.417 e. The molecule has 2 aromatic heterocycles. The van der Waals surface area contributed by atoms with Gasteiger partial charge in [0.05, 0.1) is 5.52 Å². The molecule has 1 aliphatic heterocycles. The van der Waals surface area contributed by atoms with Gasteiger partial charge in [0.2, 0.25) is 11.8 Å². The first-order chi connectivity index (χ1) is 15.1. The summed E-state index contributed by atoms with van der Waals surface area (Å²) in [6.07, 6.45) is 4.43. The zero-order valence-corrected chi connectivity index (χ0v) is 20.7. The van der Waals surface area contributed by atoms with Crippen molar-refractivity contribution in [3.8, 4) is 0 Å². The normalized spacial score (nSPS) is 17.8. The van der Waals surface area contributed by atoms with Crippen LogP contribution in [0.3, 0.4) is 0 Å². The fourth-order valence-electron chi connectivity index (χ4n) is 4.26. The number of rotatable bonds is 6. The molecule has 6 nitrogen and oxygen atoms in total. The Labute approximate surface area is 190 Å². The molecule has 1 unspecified atom stereocenters. The zero-order valence-electron chi connectivity index (χ0n) is 19.7. The first kappa shape index (κ1) is 22.7. The third-order valence-electron chi connectivity index (χ3n) is 7.05. The summed E-state index contributed by atoms with van der Waals surface area (Å²) < 4.78 is 8.39. The van der Waals surface area contributed by atoms with Crippen LogP contribution in [0.5, 0.6) is 0 Å². The Balaban J connectivity index is 1.66. The summed E-state index contributed by atoms with van der Waals surface area (Å²) in [4.78, 5) is 29.0. The fraction of sp³-hybridized carbons (Fsp3) is 0.480. The number of benzene rings is 1. The van der Waals surface area contributed by atoms with Crippen molar-refractivity contribution in [1.82, 2.24) is 14.9 Å². The van der Waals surface area contributed by atoms with Gasteiger partial charge in [-0.15, -0.1) is 0 Å². The third-order valence-corrected chi connectivity index (χ3v) is 11.6. The summed E-state index contributed by atoms with van der Waals surface area (Å²) >= 11 is 0. The smallest absolute Gasteiger partial charge is 0.249 e. The lowest BCUT2D eigenvalue weighted by Gasteiger charge is -2.36. The van der Waals surface area contributed by atoms with Crippen molar-refractivity contribution in [1.29, 1.82) is 0 Å². The highest BCUT2D eigenvalue weighted by Crippen LogP contribution is 2.37. The maximum Gasteiger partial charge on any atom is 0.249 e. The predicted octanol–water partition coefficient (Wildman–Crippen LogP) is 5.12. The van der Waals surface area contributed by atoms with Crippen LogP contribution in [0, 0.1) is 0 Å². The molecular formula is C25H33N3O3Si. The molecule has 0 bridgehead atoms. The highest BCUT2D eigenvalue weighted by atomic mass is 28.4. The molecule has 1 N–H and O–H groups in total. The van der Waals surface area contributed by atoms with Gasteiger partial charge < -0.3 is 8.99 Å². The summed E-state index contributed by atoms with van der Waals surface area (Å²) in [7, 11) is -1.76. The average Bonchev–Trinajstić information content (AvgIpc) is 3.05. The molecule has 0 spiro atoms. The number of carbonyl (C=O) groups excluding carboxylic acids is 2. The minimum atomic E-state index is -1.76. The van der Waals surface area contributed by atoms with Crippen LogP contribution in [-0.4, -0.2) is 36.3 Å². The Hall–Kier alpha value is -2.51. The molecule has 3 heterocycles.